The van der Waals surface area contributed by atoms with Crippen molar-refractivity contribution in [3.63, 3.8) is 0 Å². The summed E-state index contributed by atoms with van der Waals surface area (Å²) in [5, 5.41) is 20.1. The number of hydrogen-bond donors (Lipinski definition) is 2. The van der Waals surface area contributed by atoms with Crippen LogP contribution in [0.5, 0.6) is 0 Å². The molecular weight excluding hydrogens is 783 g/mol. The fraction of sp³-hybridized carbons (Fsp3) is 0.575. The summed E-state index contributed by atoms with van der Waals surface area (Å²) in [5.74, 6) is 0.303. The monoisotopic (exact) mass is 838 g/mol. The number of aliphatic hydroxyl groups excluding tert-OH is 1. The second kappa shape index (κ2) is 21.2. The number of carbonyl (C=O) groups is 3. The first-order chi connectivity index (χ1) is 26.3. The van der Waals surface area contributed by atoms with Crippen LogP contribution in [0, 0.1) is 11.8 Å². The van der Waals surface area contributed by atoms with Crippen molar-refractivity contribution >= 4 is 64.7 Å². The van der Waals surface area contributed by atoms with E-state index in [2.05, 4.69) is 29.4 Å². The summed E-state index contributed by atoms with van der Waals surface area (Å²) in [6, 6.07) is 7.28. The van der Waals surface area contributed by atoms with Crippen molar-refractivity contribution in [1.82, 2.24) is 29.4 Å². The molecule has 1 amide bonds. The van der Waals surface area contributed by atoms with E-state index >= 15 is 0 Å². The highest BCUT2D eigenvalue weighted by molar-refractivity contribution is 6.36. The van der Waals surface area contributed by atoms with Crippen LogP contribution < -0.4 is 5.32 Å². The summed E-state index contributed by atoms with van der Waals surface area (Å²) in [4.78, 5) is 39.0. The third kappa shape index (κ3) is 10.7. The van der Waals surface area contributed by atoms with E-state index in [1.807, 2.05) is 39.0 Å². The van der Waals surface area contributed by atoms with E-state index in [-0.39, 0.29) is 42.9 Å². The first kappa shape index (κ1) is 46.8. The van der Waals surface area contributed by atoms with Gasteiger partial charge < -0.3 is 29.5 Å². The molecule has 0 spiro atoms. The van der Waals surface area contributed by atoms with Gasteiger partial charge in [0, 0.05) is 44.4 Å². The fourth-order valence-corrected chi connectivity index (χ4v) is 8.31. The number of halogens is 3. The van der Waals surface area contributed by atoms with Crippen LogP contribution in [0.3, 0.4) is 0 Å². The van der Waals surface area contributed by atoms with Crippen LogP contribution >= 0.6 is 35.6 Å². The zero-order valence-corrected chi connectivity index (χ0v) is 36.0. The molecule has 0 saturated carbocycles. The number of carbonyl (C=O) groups excluding carboxylic acids is 3. The molecule has 2 aliphatic rings. The number of piperidine rings is 2. The van der Waals surface area contributed by atoms with E-state index in [4.69, 9.17) is 42.5 Å². The number of nitrogens with one attached hydrogen (secondary N) is 1. The van der Waals surface area contributed by atoms with Crippen LogP contribution in [0.15, 0.2) is 36.7 Å². The molecule has 4 aromatic heterocycles. The second-order valence-electron chi connectivity index (χ2n) is 14.7. The summed E-state index contributed by atoms with van der Waals surface area (Å²) in [6.07, 6.45) is 6.98. The van der Waals surface area contributed by atoms with Gasteiger partial charge in [0.05, 0.1) is 45.7 Å². The summed E-state index contributed by atoms with van der Waals surface area (Å²) in [5.41, 5.74) is 3.37. The smallest absolute Gasteiger partial charge is 0.410 e. The number of aromatic nitrogens is 4. The molecule has 6 heterocycles. The first-order valence-electron chi connectivity index (χ1n) is 19.1. The molecule has 2 saturated heterocycles. The molecule has 2 unspecified atom stereocenters. The lowest BCUT2D eigenvalue weighted by Crippen LogP contribution is -2.42. The van der Waals surface area contributed by atoms with Crippen LogP contribution in [-0.4, -0.2) is 99.4 Å². The number of likely N-dealkylation sites (tertiary alicyclic amines) is 1. The minimum absolute atomic E-state index is 0. The number of ether oxygens (including phenoxy) is 3. The van der Waals surface area contributed by atoms with Crippen molar-refractivity contribution < 1.29 is 33.7 Å². The van der Waals surface area contributed by atoms with Crippen LogP contribution in [0.25, 0.3) is 11.0 Å². The van der Waals surface area contributed by atoms with Gasteiger partial charge in [-0.15, -0.1) is 12.4 Å². The van der Waals surface area contributed by atoms with Crippen LogP contribution in [-0.2, 0) is 14.2 Å². The first-order valence-corrected chi connectivity index (χ1v) is 19.8. The molecule has 0 radical (unpaired) electrons. The van der Waals surface area contributed by atoms with Gasteiger partial charge in [-0.3, -0.25) is 0 Å². The Bertz CT molecular complexity index is 1910. The Morgan fingerprint density at radius 1 is 0.804 bits per heavy atom. The van der Waals surface area contributed by atoms with Gasteiger partial charge in [0.25, 0.3) is 0 Å². The van der Waals surface area contributed by atoms with Crippen molar-refractivity contribution in [2.75, 3.05) is 46.5 Å². The zero-order chi connectivity index (χ0) is 40.4. The Morgan fingerprint density at radius 3 is 1.61 bits per heavy atom. The maximum atomic E-state index is 12.5. The molecule has 4 aromatic rings. The molecule has 2 aliphatic heterocycles. The number of hydrogen-bond acceptors (Lipinski definition) is 10. The van der Waals surface area contributed by atoms with Crippen molar-refractivity contribution in [2.45, 2.75) is 91.6 Å². The lowest BCUT2D eigenvalue weighted by molar-refractivity contribution is 0.0174. The molecule has 13 nitrogen and oxygen atoms in total. The molecule has 2 fully saturated rings. The van der Waals surface area contributed by atoms with Gasteiger partial charge >= 0.3 is 18.0 Å². The van der Waals surface area contributed by atoms with E-state index in [0.29, 0.717) is 63.7 Å². The van der Waals surface area contributed by atoms with E-state index in [1.54, 1.807) is 46.2 Å². The lowest BCUT2D eigenvalue weighted by Gasteiger charge is -2.35. The second-order valence-corrected chi connectivity index (χ2v) is 15.5. The summed E-state index contributed by atoms with van der Waals surface area (Å²) in [6.45, 7) is 17.3. The third-order valence-electron chi connectivity index (χ3n) is 10.2. The van der Waals surface area contributed by atoms with Gasteiger partial charge in [-0.05, 0) is 109 Å². The van der Waals surface area contributed by atoms with Gasteiger partial charge in [0.2, 0.25) is 0 Å². The Labute approximate surface area is 345 Å². The van der Waals surface area contributed by atoms with Crippen molar-refractivity contribution in [2.24, 2.45) is 11.8 Å². The molecule has 2 atom stereocenters. The van der Waals surface area contributed by atoms with E-state index in [1.165, 1.54) is 0 Å². The van der Waals surface area contributed by atoms with Gasteiger partial charge in [0.1, 0.15) is 16.7 Å². The van der Waals surface area contributed by atoms with Crippen molar-refractivity contribution in [3.8, 4) is 0 Å². The Hall–Kier alpha value is -3.62. The number of fused-ring (bicyclic) bond motifs is 2. The van der Waals surface area contributed by atoms with Crippen LogP contribution in [0.4, 0.5) is 4.79 Å². The average molecular weight is 840 g/mol. The van der Waals surface area contributed by atoms with Crippen LogP contribution in [0.2, 0.25) is 10.0 Å². The number of amides is 1. The highest BCUT2D eigenvalue weighted by atomic mass is 35.5. The molecule has 0 aliphatic carbocycles. The highest BCUT2D eigenvalue weighted by Gasteiger charge is 2.35. The molecule has 16 heteroatoms. The number of aliphatic hydroxyl groups is 1. The third-order valence-corrected chi connectivity index (χ3v) is 10.9. The molecule has 0 aromatic carbocycles. The Balaban J connectivity index is 0.000000291. The normalized spacial score (nSPS) is 16.1. The molecule has 0 bridgehead atoms. The average Bonchev–Trinajstić information content (AvgIpc) is 3.64. The number of nitrogens with zero attached hydrogens (tertiary/aromatic N) is 5. The van der Waals surface area contributed by atoms with Crippen LogP contribution in [0.1, 0.15) is 118 Å². The maximum Gasteiger partial charge on any atom is 0.410 e. The van der Waals surface area contributed by atoms with E-state index < -0.39 is 11.6 Å². The summed E-state index contributed by atoms with van der Waals surface area (Å²) in [7, 11) is 1.00. The van der Waals surface area contributed by atoms with Gasteiger partial charge in [-0.2, -0.15) is 10.2 Å². The minimum atomic E-state index is -0.505. The Morgan fingerprint density at radius 2 is 1.21 bits per heavy atom. The predicted molar refractivity (Wildman–Crippen MR) is 221 cm³/mol. The van der Waals surface area contributed by atoms with Gasteiger partial charge in [-0.1, -0.05) is 37.0 Å². The topological polar surface area (TPSA) is 149 Å². The zero-order valence-electron chi connectivity index (χ0n) is 33.6. The number of rotatable bonds is 8. The highest BCUT2D eigenvalue weighted by Crippen LogP contribution is 2.41. The molecule has 56 heavy (non-hydrogen) atoms. The minimum Gasteiger partial charge on any atom is -0.462 e. The maximum absolute atomic E-state index is 12.5. The molecule has 310 valence electrons. The quantitative estimate of drug-likeness (QED) is 0.131. The van der Waals surface area contributed by atoms with Crippen molar-refractivity contribution in [3.05, 3.63) is 69.2 Å². The lowest BCUT2D eigenvalue weighted by atomic mass is 9.83. The molecular formula is C40H57Cl3N6O7. The Kier molecular flexibility index (Phi) is 17.7. The van der Waals surface area contributed by atoms with E-state index in [0.717, 1.165) is 57.3 Å². The molecule has 2 N–H and O–H groups in total. The SMILES string of the molecule is CCOC(=O)c1c(Cl)c(C(C)C2CCN(C(=O)OC(C)(C)C)CC2)n2ncccc12.CCOC(=O)c1c(Cl)c(C(C)C2CCNCC2)n2ncccc12.CO.Cl. The fourth-order valence-electron chi connectivity index (χ4n) is 7.45. The van der Waals surface area contributed by atoms with E-state index in [9.17, 15) is 14.4 Å². The predicted octanol–water partition coefficient (Wildman–Crippen LogP) is 8.21. The van der Waals surface area contributed by atoms with Gasteiger partial charge in [-0.25, -0.2) is 23.4 Å². The standard InChI is InChI=1S/C22H30ClN3O4.C17H22ClN3O2.CH4O.ClH/c1-6-29-20(27)17-16-8-7-11-24-26(16)19(18(17)23)14(2)15-9-12-25(13-10-15)21(28)30-22(3,4)5;1-3-23-17(22)14-13-5-4-8-20-21(13)16(15(14)18)11(2)12-6-9-19-10-7-12;1-2;/h7-8,11,14-15H,6,9-10,12-13H2,1-5H3;4-5,8,11-12,19H,3,6-7,9-10H2,1-2H3;2H,1H3;1H. The summed E-state index contributed by atoms with van der Waals surface area (Å²) >= 11 is 13.3. The van der Waals surface area contributed by atoms with Crippen molar-refractivity contribution in [1.29, 1.82) is 0 Å². The largest absolute Gasteiger partial charge is 0.462 e. The number of esters is 2. The molecule has 6 rings (SSSR count). The van der Waals surface area contributed by atoms with Gasteiger partial charge in [0.15, 0.2) is 0 Å². The summed E-state index contributed by atoms with van der Waals surface area (Å²) < 4.78 is 19.4.